The maximum Gasteiger partial charge on any atom is 0.255 e. The van der Waals surface area contributed by atoms with Gasteiger partial charge in [0.15, 0.2) is 5.82 Å². The fourth-order valence-corrected chi connectivity index (χ4v) is 2.70. The fraction of sp³-hybridized carbons (Fsp3) is 0.278. The van der Waals surface area contributed by atoms with E-state index in [4.69, 9.17) is 0 Å². The van der Waals surface area contributed by atoms with Crippen LogP contribution in [-0.4, -0.2) is 44.6 Å². The Morgan fingerprint density at radius 3 is 2.44 bits per heavy atom. The van der Waals surface area contributed by atoms with Crippen molar-refractivity contribution in [2.45, 2.75) is 18.8 Å². The van der Waals surface area contributed by atoms with Crippen LogP contribution in [0.1, 0.15) is 34.5 Å². The summed E-state index contributed by atoms with van der Waals surface area (Å²) in [6.45, 7) is 7.53. The molecule has 0 aliphatic carbocycles. The van der Waals surface area contributed by atoms with Crippen molar-refractivity contribution in [2.75, 3.05) is 13.1 Å². The Bertz CT molecular complexity index is 775. The zero-order valence-corrected chi connectivity index (χ0v) is 13.7. The molecule has 0 aromatic carbocycles. The van der Waals surface area contributed by atoms with E-state index in [1.54, 1.807) is 35.2 Å². The van der Waals surface area contributed by atoms with Crippen molar-refractivity contribution in [3.05, 3.63) is 54.5 Å². The number of hydrogen-bond acceptors (Lipinski definition) is 3. The van der Waals surface area contributed by atoms with Crippen molar-refractivity contribution in [3.8, 4) is 5.82 Å². The first-order chi connectivity index (χ1) is 11.9. The van der Waals surface area contributed by atoms with E-state index in [1.165, 1.54) is 11.1 Å². The molecule has 5 nitrogen and oxygen atoms in total. The van der Waals surface area contributed by atoms with Crippen LogP contribution < -0.4 is 0 Å². The van der Waals surface area contributed by atoms with Crippen LogP contribution in [-0.2, 0) is 0 Å². The number of hydrogen-bond donors (Lipinski definition) is 0. The Hall–Kier alpha value is -2.83. The molecule has 3 heterocycles. The molecule has 1 aliphatic rings. The van der Waals surface area contributed by atoms with Crippen LogP contribution in [0.15, 0.2) is 37.7 Å². The molecule has 0 saturated carbocycles. The predicted octanol–water partition coefficient (Wildman–Crippen LogP) is 3.42. The lowest BCUT2D eigenvalue weighted by Gasteiger charge is -2.31. The zero-order chi connectivity index (χ0) is 18.0. The average Bonchev–Trinajstić information content (AvgIpc) is 3.05. The number of halogens is 2. The van der Waals surface area contributed by atoms with Gasteiger partial charge in [0.1, 0.15) is 0 Å². The largest absolute Gasteiger partial charge is 0.338 e. The van der Waals surface area contributed by atoms with Crippen molar-refractivity contribution in [1.82, 2.24) is 19.7 Å². The Kier molecular flexibility index (Phi) is 4.48. The summed E-state index contributed by atoms with van der Waals surface area (Å²) in [6, 6.07) is 3.29. The van der Waals surface area contributed by atoms with E-state index >= 15 is 0 Å². The lowest BCUT2D eigenvalue weighted by atomic mass is 10.1. The summed E-state index contributed by atoms with van der Waals surface area (Å²) >= 11 is 0. The van der Waals surface area contributed by atoms with Crippen LogP contribution in [0.5, 0.6) is 0 Å². The molecule has 1 saturated heterocycles. The molecule has 0 atom stereocenters. The number of amides is 1. The van der Waals surface area contributed by atoms with E-state index < -0.39 is 5.92 Å². The van der Waals surface area contributed by atoms with Gasteiger partial charge in [0, 0.05) is 43.9 Å². The molecular formula is C18H18F2N4O. The molecule has 0 spiro atoms. The molecular weight excluding hydrogens is 326 g/mol. The van der Waals surface area contributed by atoms with Gasteiger partial charge in [0.25, 0.3) is 11.8 Å². The van der Waals surface area contributed by atoms with Gasteiger partial charge in [-0.25, -0.2) is 18.4 Å². The number of nitrogens with zero attached hydrogens (tertiary/aromatic N) is 4. The first-order valence-corrected chi connectivity index (χ1v) is 7.91. The van der Waals surface area contributed by atoms with Gasteiger partial charge in [-0.05, 0) is 18.2 Å². The predicted molar refractivity (Wildman–Crippen MR) is 91.6 cm³/mol. The van der Waals surface area contributed by atoms with Crippen LogP contribution in [0.4, 0.5) is 8.78 Å². The summed E-state index contributed by atoms with van der Waals surface area (Å²) < 4.78 is 28.0. The second-order valence-electron chi connectivity index (χ2n) is 5.88. The summed E-state index contributed by atoms with van der Waals surface area (Å²) in [7, 11) is 0. The van der Waals surface area contributed by atoms with E-state index in [1.807, 2.05) is 0 Å². The molecule has 3 rings (SSSR count). The lowest BCUT2D eigenvalue weighted by molar-refractivity contribution is -0.0494. The molecule has 1 amide bonds. The third-order valence-corrected chi connectivity index (χ3v) is 4.20. The third kappa shape index (κ3) is 3.50. The van der Waals surface area contributed by atoms with Gasteiger partial charge >= 0.3 is 0 Å². The first-order valence-electron chi connectivity index (χ1n) is 7.91. The van der Waals surface area contributed by atoms with E-state index in [2.05, 4.69) is 23.2 Å². The number of pyridine rings is 1. The van der Waals surface area contributed by atoms with Crippen molar-refractivity contribution in [1.29, 1.82) is 0 Å². The second kappa shape index (κ2) is 6.58. The number of alkyl halides is 2. The number of likely N-dealkylation sites (tertiary alicyclic amines) is 1. The van der Waals surface area contributed by atoms with Crippen LogP contribution >= 0.6 is 0 Å². The molecule has 2 aromatic rings. The monoisotopic (exact) mass is 344 g/mol. The van der Waals surface area contributed by atoms with Gasteiger partial charge in [-0.2, -0.15) is 5.10 Å². The van der Waals surface area contributed by atoms with E-state index in [0.717, 1.165) is 5.56 Å². The summed E-state index contributed by atoms with van der Waals surface area (Å²) in [6.07, 6.45) is 5.90. The van der Waals surface area contributed by atoms with Gasteiger partial charge in [-0.1, -0.05) is 19.2 Å². The molecule has 0 unspecified atom stereocenters. The smallest absolute Gasteiger partial charge is 0.255 e. The molecule has 0 bridgehead atoms. The maximum atomic E-state index is 13.2. The Balaban J connectivity index is 1.76. The van der Waals surface area contributed by atoms with Gasteiger partial charge in [-0.3, -0.25) is 4.79 Å². The highest BCUT2D eigenvalue weighted by Gasteiger charge is 2.35. The van der Waals surface area contributed by atoms with Gasteiger partial charge in [0.2, 0.25) is 0 Å². The first kappa shape index (κ1) is 17.0. The number of rotatable bonds is 4. The summed E-state index contributed by atoms with van der Waals surface area (Å²) in [5.41, 5.74) is 1.88. The lowest BCUT2D eigenvalue weighted by Crippen LogP contribution is -2.42. The van der Waals surface area contributed by atoms with Crippen LogP contribution in [0.25, 0.3) is 18.0 Å². The normalized spacial score (nSPS) is 16.5. The summed E-state index contributed by atoms with van der Waals surface area (Å²) in [5.74, 6) is -2.42. The third-order valence-electron chi connectivity index (χ3n) is 4.20. The molecule has 0 N–H and O–H groups in total. The molecule has 2 aromatic heterocycles. The van der Waals surface area contributed by atoms with Gasteiger partial charge in [-0.15, -0.1) is 0 Å². The topological polar surface area (TPSA) is 51.0 Å². The molecule has 1 fully saturated rings. The second-order valence-corrected chi connectivity index (χ2v) is 5.88. The molecule has 25 heavy (non-hydrogen) atoms. The van der Waals surface area contributed by atoms with E-state index in [0.29, 0.717) is 17.1 Å². The number of carbonyl (C=O) groups is 1. The zero-order valence-electron chi connectivity index (χ0n) is 13.7. The number of aromatic nitrogens is 3. The Labute approximate surface area is 144 Å². The summed E-state index contributed by atoms with van der Waals surface area (Å²) in [4.78, 5) is 18.1. The highest BCUT2D eigenvalue weighted by atomic mass is 19.3. The molecule has 130 valence electrons. The highest BCUT2D eigenvalue weighted by Crippen LogP contribution is 2.28. The summed E-state index contributed by atoms with van der Waals surface area (Å²) in [5, 5.41) is 4.34. The van der Waals surface area contributed by atoms with Crippen LogP contribution in [0.3, 0.4) is 0 Å². The van der Waals surface area contributed by atoms with Crippen molar-refractivity contribution < 1.29 is 13.6 Å². The Morgan fingerprint density at radius 2 is 1.92 bits per heavy atom. The SMILES string of the molecule is C=Cc1cn(-c2ccc(C(=O)N3CCC(F)(F)CC3)cn2)nc1C=C. The highest BCUT2D eigenvalue weighted by molar-refractivity contribution is 5.94. The van der Waals surface area contributed by atoms with Crippen LogP contribution in [0, 0.1) is 0 Å². The minimum absolute atomic E-state index is 0.0537. The average molecular weight is 344 g/mol. The number of piperidine rings is 1. The minimum Gasteiger partial charge on any atom is -0.338 e. The Morgan fingerprint density at radius 1 is 1.20 bits per heavy atom. The number of carbonyl (C=O) groups excluding carboxylic acids is 1. The fourth-order valence-electron chi connectivity index (χ4n) is 2.70. The van der Waals surface area contributed by atoms with Crippen molar-refractivity contribution >= 4 is 18.1 Å². The molecule has 7 heteroatoms. The quantitative estimate of drug-likeness (QED) is 0.854. The van der Waals surface area contributed by atoms with Gasteiger partial charge in [0.05, 0.1) is 11.3 Å². The maximum absolute atomic E-state index is 13.2. The molecule has 0 radical (unpaired) electrons. The van der Waals surface area contributed by atoms with Crippen molar-refractivity contribution in [2.24, 2.45) is 0 Å². The molecule has 1 aliphatic heterocycles. The van der Waals surface area contributed by atoms with E-state index in [9.17, 15) is 13.6 Å². The van der Waals surface area contributed by atoms with Crippen molar-refractivity contribution in [3.63, 3.8) is 0 Å². The minimum atomic E-state index is -2.68. The standard InChI is InChI=1S/C18H18F2N4O/c1-3-13-12-24(22-15(13)4-2)16-6-5-14(11-21-16)17(25)23-9-7-18(19,20)8-10-23/h3-6,11-12H,1-2,7-10H2. The van der Waals surface area contributed by atoms with Gasteiger partial charge < -0.3 is 4.90 Å². The van der Waals surface area contributed by atoms with Crippen LogP contribution in [0.2, 0.25) is 0 Å². The van der Waals surface area contributed by atoms with E-state index in [-0.39, 0.29) is 31.8 Å².